The molecule has 0 saturated carbocycles. The topological polar surface area (TPSA) is 245 Å². The highest BCUT2D eigenvalue weighted by molar-refractivity contribution is 5.95. The van der Waals surface area contributed by atoms with Crippen LogP contribution in [-0.4, -0.2) is 86.8 Å². The molecule has 4 unspecified atom stereocenters. The molecule has 0 saturated heterocycles. The normalized spacial score (nSPS) is 14.7. The van der Waals surface area contributed by atoms with E-state index in [0.29, 0.717) is 0 Å². The van der Waals surface area contributed by atoms with Gasteiger partial charge < -0.3 is 42.1 Å². The summed E-state index contributed by atoms with van der Waals surface area (Å²) in [5.74, 6) is -7.52. The minimum absolute atomic E-state index is 0.679. The van der Waals surface area contributed by atoms with Gasteiger partial charge in [0.05, 0.1) is 25.5 Å². The number of rotatable bonds is 12. The highest BCUT2D eigenvalue weighted by Crippen LogP contribution is 1.96. The molecule has 0 spiro atoms. The summed E-state index contributed by atoms with van der Waals surface area (Å²) in [6, 6.07) is -6.11. The van der Waals surface area contributed by atoms with Gasteiger partial charge in [-0.25, -0.2) is 4.79 Å². The van der Waals surface area contributed by atoms with E-state index in [9.17, 15) is 33.9 Å². The smallest absolute Gasteiger partial charge is 0.326 e. The summed E-state index contributed by atoms with van der Waals surface area (Å²) in [4.78, 5) is 67.7. The maximum absolute atomic E-state index is 12.0. The zero-order valence-electron chi connectivity index (χ0n) is 14.7. The molecule has 0 aliphatic carbocycles. The van der Waals surface area contributed by atoms with Crippen molar-refractivity contribution in [1.29, 1.82) is 0 Å². The minimum Gasteiger partial charge on any atom is -0.481 e. The number of carboxylic acid groups (broad SMARTS) is 3. The predicted molar refractivity (Wildman–Crippen MR) is 88.7 cm³/mol. The summed E-state index contributed by atoms with van der Waals surface area (Å²) in [6.07, 6.45) is -1.61. The Balaban J connectivity index is 4.85. The molecule has 3 amide bonds. The van der Waals surface area contributed by atoms with Crippen molar-refractivity contribution in [2.75, 3.05) is 6.61 Å². The van der Waals surface area contributed by atoms with Gasteiger partial charge in [-0.1, -0.05) is 0 Å². The fraction of sp³-hybridized carbons (Fsp3) is 0.571. The number of nitrogens with one attached hydrogen (secondary N) is 3. The van der Waals surface area contributed by atoms with Gasteiger partial charge in [-0.05, 0) is 6.92 Å². The fourth-order valence-electron chi connectivity index (χ4n) is 1.80. The van der Waals surface area contributed by atoms with Crippen LogP contribution >= 0.6 is 0 Å². The van der Waals surface area contributed by atoms with Crippen LogP contribution in [0.15, 0.2) is 0 Å². The first-order chi connectivity index (χ1) is 12.9. The lowest BCUT2D eigenvalue weighted by molar-refractivity contribution is -0.147. The number of aliphatic carboxylic acids is 3. The van der Waals surface area contributed by atoms with E-state index in [4.69, 9.17) is 21.1 Å². The molecular formula is C14H22N4O10. The van der Waals surface area contributed by atoms with E-state index < -0.39 is 79.2 Å². The third kappa shape index (κ3) is 8.91. The molecule has 4 atom stereocenters. The van der Waals surface area contributed by atoms with Gasteiger partial charge in [0.2, 0.25) is 17.7 Å². The fourth-order valence-corrected chi connectivity index (χ4v) is 1.80. The number of hydrogen-bond donors (Lipinski definition) is 8. The summed E-state index contributed by atoms with van der Waals surface area (Å²) in [5, 5.41) is 41.3. The molecule has 14 heteroatoms. The van der Waals surface area contributed by atoms with Crippen LogP contribution in [0.3, 0.4) is 0 Å². The van der Waals surface area contributed by atoms with Crippen molar-refractivity contribution in [3.63, 3.8) is 0 Å². The SMILES string of the molecule is CC(NC(=O)C(N)CC(=O)O)C(=O)NC(CO)C(=O)NC(CC(=O)O)C(=O)O. The summed E-state index contributed by atoms with van der Waals surface area (Å²) < 4.78 is 0. The number of aliphatic hydroxyl groups excluding tert-OH is 1. The molecule has 0 fully saturated rings. The number of carbonyl (C=O) groups is 6. The Hall–Kier alpha value is -3.26. The second kappa shape index (κ2) is 11.5. The molecule has 9 N–H and O–H groups in total. The lowest BCUT2D eigenvalue weighted by Gasteiger charge is -2.22. The summed E-state index contributed by atoms with van der Waals surface area (Å²) in [5.41, 5.74) is 5.33. The molecule has 0 aromatic heterocycles. The Morgan fingerprint density at radius 3 is 1.71 bits per heavy atom. The van der Waals surface area contributed by atoms with Crippen molar-refractivity contribution in [3.8, 4) is 0 Å². The maximum atomic E-state index is 12.0. The van der Waals surface area contributed by atoms with Crippen molar-refractivity contribution >= 4 is 35.6 Å². The molecule has 0 heterocycles. The number of amides is 3. The predicted octanol–water partition coefficient (Wildman–Crippen LogP) is -4.19. The van der Waals surface area contributed by atoms with E-state index in [1.807, 2.05) is 10.6 Å². The second-order valence-electron chi connectivity index (χ2n) is 5.68. The Labute approximate surface area is 158 Å². The maximum Gasteiger partial charge on any atom is 0.326 e. The zero-order chi connectivity index (χ0) is 22.0. The average Bonchev–Trinajstić information content (AvgIpc) is 2.57. The molecule has 14 nitrogen and oxygen atoms in total. The van der Waals surface area contributed by atoms with Crippen molar-refractivity contribution in [2.24, 2.45) is 5.73 Å². The highest BCUT2D eigenvalue weighted by atomic mass is 16.4. The van der Waals surface area contributed by atoms with Gasteiger partial charge in [0, 0.05) is 0 Å². The quantitative estimate of drug-likeness (QED) is 0.154. The molecular weight excluding hydrogens is 384 g/mol. The number of carbonyl (C=O) groups excluding carboxylic acids is 3. The molecule has 158 valence electrons. The first-order valence-electron chi connectivity index (χ1n) is 7.83. The monoisotopic (exact) mass is 406 g/mol. The van der Waals surface area contributed by atoms with Crippen LogP contribution in [0.5, 0.6) is 0 Å². The van der Waals surface area contributed by atoms with Crippen LogP contribution in [0.2, 0.25) is 0 Å². The Morgan fingerprint density at radius 2 is 1.29 bits per heavy atom. The van der Waals surface area contributed by atoms with Crippen LogP contribution in [-0.2, 0) is 28.8 Å². The zero-order valence-corrected chi connectivity index (χ0v) is 14.7. The van der Waals surface area contributed by atoms with Crippen molar-refractivity contribution in [1.82, 2.24) is 16.0 Å². The summed E-state index contributed by atoms with van der Waals surface area (Å²) >= 11 is 0. The van der Waals surface area contributed by atoms with Gasteiger partial charge in [-0.15, -0.1) is 0 Å². The van der Waals surface area contributed by atoms with E-state index in [1.165, 1.54) is 6.92 Å². The second-order valence-corrected chi connectivity index (χ2v) is 5.68. The van der Waals surface area contributed by atoms with Crippen LogP contribution < -0.4 is 21.7 Å². The minimum atomic E-state index is -1.79. The van der Waals surface area contributed by atoms with Crippen LogP contribution in [0, 0.1) is 0 Å². The Kier molecular flexibility index (Phi) is 10.1. The largest absolute Gasteiger partial charge is 0.481 e. The van der Waals surface area contributed by atoms with Gasteiger partial charge in [0.15, 0.2) is 0 Å². The Morgan fingerprint density at radius 1 is 0.786 bits per heavy atom. The summed E-state index contributed by atoms with van der Waals surface area (Å²) in [7, 11) is 0. The van der Waals surface area contributed by atoms with Gasteiger partial charge in [-0.3, -0.25) is 24.0 Å². The molecule has 0 radical (unpaired) electrons. The van der Waals surface area contributed by atoms with Gasteiger partial charge >= 0.3 is 17.9 Å². The lowest BCUT2D eigenvalue weighted by atomic mass is 10.1. The van der Waals surface area contributed by atoms with Crippen LogP contribution in [0.25, 0.3) is 0 Å². The van der Waals surface area contributed by atoms with Gasteiger partial charge in [0.25, 0.3) is 0 Å². The standard InChI is InChI=1S/C14H22N4O10/c1-5(16-12(25)6(15)2-9(20)21)11(24)18-8(4-19)13(26)17-7(14(27)28)3-10(22)23/h5-8,19H,2-4,15H2,1H3,(H,16,25)(H,17,26)(H,18,24)(H,20,21)(H,22,23)(H,27,28). The molecule has 0 rings (SSSR count). The van der Waals surface area contributed by atoms with E-state index in [1.54, 1.807) is 0 Å². The number of nitrogens with two attached hydrogens (primary N) is 1. The molecule has 0 aliphatic rings. The third-order valence-corrected chi connectivity index (χ3v) is 3.29. The average molecular weight is 406 g/mol. The first kappa shape index (κ1) is 24.7. The molecule has 0 aromatic carbocycles. The molecule has 0 aromatic rings. The van der Waals surface area contributed by atoms with Crippen molar-refractivity contribution in [3.05, 3.63) is 0 Å². The molecule has 0 aliphatic heterocycles. The number of hydrogen-bond acceptors (Lipinski definition) is 8. The van der Waals surface area contributed by atoms with E-state index in [0.717, 1.165) is 0 Å². The van der Waals surface area contributed by atoms with Crippen molar-refractivity contribution < 1.29 is 49.2 Å². The highest BCUT2D eigenvalue weighted by Gasteiger charge is 2.29. The first-order valence-corrected chi connectivity index (χ1v) is 7.83. The lowest BCUT2D eigenvalue weighted by Crippen LogP contribution is -2.57. The van der Waals surface area contributed by atoms with Gasteiger partial charge in [-0.2, -0.15) is 0 Å². The number of carboxylic acids is 3. The van der Waals surface area contributed by atoms with E-state index in [2.05, 4.69) is 5.32 Å². The van der Waals surface area contributed by atoms with Crippen molar-refractivity contribution in [2.45, 2.75) is 43.9 Å². The molecule has 28 heavy (non-hydrogen) atoms. The van der Waals surface area contributed by atoms with E-state index in [-0.39, 0.29) is 0 Å². The third-order valence-electron chi connectivity index (χ3n) is 3.29. The summed E-state index contributed by atoms with van der Waals surface area (Å²) in [6.45, 7) is 0.244. The van der Waals surface area contributed by atoms with Crippen LogP contribution in [0.4, 0.5) is 0 Å². The van der Waals surface area contributed by atoms with E-state index >= 15 is 0 Å². The number of aliphatic hydroxyl groups is 1. The Bertz CT molecular complexity index is 638. The van der Waals surface area contributed by atoms with Gasteiger partial charge in [0.1, 0.15) is 18.1 Å². The van der Waals surface area contributed by atoms with Crippen LogP contribution in [0.1, 0.15) is 19.8 Å². The molecule has 0 bridgehead atoms.